The van der Waals surface area contributed by atoms with E-state index in [0.29, 0.717) is 11.3 Å². The first-order valence-corrected chi connectivity index (χ1v) is 6.32. The molecule has 0 aliphatic rings. The highest BCUT2D eigenvalue weighted by atomic mass is 19.1. The molecule has 1 unspecified atom stereocenters. The van der Waals surface area contributed by atoms with E-state index in [9.17, 15) is 4.39 Å². The Morgan fingerprint density at radius 2 is 1.76 bits per heavy atom. The SMILES string of the molecule is CNCC(CCC(C)(C)C)c1ccc(F)cc1. The lowest BCUT2D eigenvalue weighted by Crippen LogP contribution is -2.19. The Balaban J connectivity index is 2.68. The summed E-state index contributed by atoms with van der Waals surface area (Å²) in [4.78, 5) is 0. The van der Waals surface area contributed by atoms with Crippen LogP contribution in [0.2, 0.25) is 0 Å². The maximum atomic E-state index is 12.9. The standard InChI is InChI=1S/C15H24FN/c1-15(2,3)10-9-13(11-17-4)12-5-7-14(16)8-6-12/h5-8,13,17H,9-11H2,1-4H3. The lowest BCUT2D eigenvalue weighted by atomic mass is 9.84. The molecule has 0 aliphatic heterocycles. The van der Waals surface area contributed by atoms with E-state index >= 15 is 0 Å². The van der Waals surface area contributed by atoms with Gasteiger partial charge in [-0.15, -0.1) is 0 Å². The summed E-state index contributed by atoms with van der Waals surface area (Å²) in [5.41, 5.74) is 1.58. The topological polar surface area (TPSA) is 12.0 Å². The van der Waals surface area contributed by atoms with Crippen LogP contribution in [-0.4, -0.2) is 13.6 Å². The van der Waals surface area contributed by atoms with Gasteiger partial charge in [0.2, 0.25) is 0 Å². The van der Waals surface area contributed by atoms with Gasteiger partial charge in [-0.05, 0) is 48.9 Å². The molecule has 96 valence electrons. The average Bonchev–Trinajstić information content (AvgIpc) is 2.24. The zero-order chi connectivity index (χ0) is 12.9. The molecule has 0 heterocycles. The fourth-order valence-corrected chi connectivity index (χ4v) is 1.98. The number of likely N-dealkylation sites (N-methyl/N-ethyl adjacent to an activating group) is 1. The average molecular weight is 237 g/mol. The highest BCUT2D eigenvalue weighted by Crippen LogP contribution is 2.28. The van der Waals surface area contributed by atoms with E-state index in [-0.39, 0.29) is 5.82 Å². The van der Waals surface area contributed by atoms with Crippen LogP contribution in [0, 0.1) is 11.2 Å². The molecule has 0 spiro atoms. The van der Waals surface area contributed by atoms with E-state index in [1.807, 2.05) is 19.2 Å². The summed E-state index contributed by atoms with van der Waals surface area (Å²) in [6.07, 6.45) is 2.31. The Labute approximate surface area is 104 Å². The molecule has 1 nitrogen and oxygen atoms in total. The largest absolute Gasteiger partial charge is 0.319 e. The quantitative estimate of drug-likeness (QED) is 0.817. The van der Waals surface area contributed by atoms with Gasteiger partial charge in [-0.1, -0.05) is 32.9 Å². The predicted octanol–water partition coefficient (Wildman–Crippen LogP) is 3.96. The minimum absolute atomic E-state index is 0.159. The normalized spacial score (nSPS) is 13.7. The van der Waals surface area contributed by atoms with Crippen molar-refractivity contribution in [1.82, 2.24) is 5.32 Å². The smallest absolute Gasteiger partial charge is 0.123 e. The number of benzene rings is 1. The van der Waals surface area contributed by atoms with E-state index in [2.05, 4.69) is 26.1 Å². The summed E-state index contributed by atoms with van der Waals surface area (Å²) in [5.74, 6) is 0.313. The van der Waals surface area contributed by atoms with Crippen molar-refractivity contribution < 1.29 is 4.39 Å². The molecule has 2 heteroatoms. The Bertz CT molecular complexity index is 324. The molecule has 1 atom stereocenters. The summed E-state index contributed by atoms with van der Waals surface area (Å²) in [7, 11) is 1.97. The zero-order valence-electron chi connectivity index (χ0n) is 11.4. The fraction of sp³-hybridized carbons (Fsp3) is 0.600. The van der Waals surface area contributed by atoms with Crippen molar-refractivity contribution in [2.75, 3.05) is 13.6 Å². The third kappa shape index (κ3) is 5.31. The maximum absolute atomic E-state index is 12.9. The summed E-state index contributed by atoms with van der Waals surface area (Å²) in [6, 6.07) is 6.91. The second-order valence-electron chi connectivity index (χ2n) is 5.91. The molecule has 0 bridgehead atoms. The van der Waals surface area contributed by atoms with Crippen molar-refractivity contribution in [2.45, 2.75) is 39.5 Å². The van der Waals surface area contributed by atoms with Crippen molar-refractivity contribution in [3.05, 3.63) is 35.6 Å². The minimum Gasteiger partial charge on any atom is -0.319 e. The van der Waals surface area contributed by atoms with Crippen molar-refractivity contribution in [1.29, 1.82) is 0 Å². The molecule has 1 aromatic rings. The van der Waals surface area contributed by atoms with Gasteiger partial charge in [0.05, 0.1) is 0 Å². The molecule has 0 saturated carbocycles. The Morgan fingerprint density at radius 3 is 2.24 bits per heavy atom. The van der Waals surface area contributed by atoms with Gasteiger partial charge < -0.3 is 5.32 Å². The summed E-state index contributed by atoms with van der Waals surface area (Å²) in [6.45, 7) is 7.72. The van der Waals surface area contributed by atoms with Crippen molar-refractivity contribution in [3.8, 4) is 0 Å². The van der Waals surface area contributed by atoms with E-state index < -0.39 is 0 Å². The van der Waals surface area contributed by atoms with Crippen LogP contribution in [0.4, 0.5) is 4.39 Å². The lowest BCUT2D eigenvalue weighted by molar-refractivity contribution is 0.346. The first kappa shape index (κ1) is 14.2. The third-order valence-corrected chi connectivity index (χ3v) is 3.03. The molecular weight excluding hydrogens is 213 g/mol. The number of halogens is 1. The molecular formula is C15H24FN. The molecule has 0 fully saturated rings. The van der Waals surface area contributed by atoms with Gasteiger partial charge in [0.1, 0.15) is 5.82 Å². The van der Waals surface area contributed by atoms with Crippen LogP contribution in [0.25, 0.3) is 0 Å². The van der Waals surface area contributed by atoms with Crippen LogP contribution in [0.3, 0.4) is 0 Å². The monoisotopic (exact) mass is 237 g/mol. The van der Waals surface area contributed by atoms with E-state index in [0.717, 1.165) is 13.0 Å². The van der Waals surface area contributed by atoms with Gasteiger partial charge in [-0.25, -0.2) is 4.39 Å². The highest BCUT2D eigenvalue weighted by molar-refractivity contribution is 5.20. The molecule has 1 aromatic carbocycles. The van der Waals surface area contributed by atoms with Gasteiger partial charge in [0.25, 0.3) is 0 Å². The van der Waals surface area contributed by atoms with E-state index in [1.165, 1.54) is 12.0 Å². The van der Waals surface area contributed by atoms with Crippen molar-refractivity contribution in [2.24, 2.45) is 5.41 Å². The predicted molar refractivity (Wildman–Crippen MR) is 71.8 cm³/mol. The van der Waals surface area contributed by atoms with E-state index in [1.54, 1.807) is 12.1 Å². The molecule has 1 rings (SSSR count). The molecule has 0 saturated heterocycles. The third-order valence-electron chi connectivity index (χ3n) is 3.03. The second-order valence-corrected chi connectivity index (χ2v) is 5.91. The van der Waals surface area contributed by atoms with Crippen LogP contribution < -0.4 is 5.32 Å². The summed E-state index contributed by atoms with van der Waals surface area (Å²) < 4.78 is 12.9. The highest BCUT2D eigenvalue weighted by Gasteiger charge is 2.16. The van der Waals surface area contributed by atoms with Crippen LogP contribution in [-0.2, 0) is 0 Å². The van der Waals surface area contributed by atoms with Crippen LogP contribution in [0.5, 0.6) is 0 Å². The molecule has 0 aliphatic carbocycles. The van der Waals surface area contributed by atoms with Gasteiger partial charge in [-0.3, -0.25) is 0 Å². The van der Waals surface area contributed by atoms with Gasteiger partial charge >= 0.3 is 0 Å². The Kier molecular flexibility index (Phi) is 5.13. The molecule has 0 aromatic heterocycles. The Hall–Kier alpha value is -0.890. The van der Waals surface area contributed by atoms with Crippen LogP contribution in [0.15, 0.2) is 24.3 Å². The fourth-order valence-electron chi connectivity index (χ4n) is 1.98. The van der Waals surface area contributed by atoms with Crippen molar-refractivity contribution >= 4 is 0 Å². The first-order valence-electron chi connectivity index (χ1n) is 6.32. The van der Waals surface area contributed by atoms with Gasteiger partial charge in [-0.2, -0.15) is 0 Å². The minimum atomic E-state index is -0.159. The first-order chi connectivity index (χ1) is 7.92. The molecule has 0 amide bonds. The van der Waals surface area contributed by atoms with Crippen molar-refractivity contribution in [3.63, 3.8) is 0 Å². The second kappa shape index (κ2) is 6.15. The van der Waals surface area contributed by atoms with E-state index in [4.69, 9.17) is 0 Å². The number of nitrogens with one attached hydrogen (secondary N) is 1. The van der Waals surface area contributed by atoms with Gasteiger partial charge in [0, 0.05) is 6.54 Å². The molecule has 17 heavy (non-hydrogen) atoms. The zero-order valence-corrected chi connectivity index (χ0v) is 11.4. The lowest BCUT2D eigenvalue weighted by Gasteiger charge is -2.23. The number of hydrogen-bond donors (Lipinski definition) is 1. The maximum Gasteiger partial charge on any atom is 0.123 e. The van der Waals surface area contributed by atoms with Crippen LogP contribution in [0.1, 0.15) is 45.1 Å². The summed E-state index contributed by atoms with van der Waals surface area (Å²) >= 11 is 0. The van der Waals surface area contributed by atoms with Gasteiger partial charge in [0.15, 0.2) is 0 Å². The summed E-state index contributed by atoms with van der Waals surface area (Å²) in [5, 5.41) is 3.22. The molecule has 1 N–H and O–H groups in total. The number of rotatable bonds is 5. The van der Waals surface area contributed by atoms with Crippen LogP contribution >= 0.6 is 0 Å². The Morgan fingerprint density at radius 1 is 1.18 bits per heavy atom. The number of hydrogen-bond acceptors (Lipinski definition) is 1. The molecule has 0 radical (unpaired) electrons.